The highest BCUT2D eigenvalue weighted by Crippen LogP contribution is 2.28. The van der Waals surface area contributed by atoms with Gasteiger partial charge in [0.05, 0.1) is 12.4 Å². The number of benzene rings is 1. The summed E-state index contributed by atoms with van der Waals surface area (Å²) < 4.78 is 5.15. The van der Waals surface area contributed by atoms with Crippen LogP contribution in [-0.2, 0) is 4.79 Å². The van der Waals surface area contributed by atoms with Gasteiger partial charge in [0.1, 0.15) is 5.75 Å². The van der Waals surface area contributed by atoms with Gasteiger partial charge in [0.15, 0.2) is 0 Å². The van der Waals surface area contributed by atoms with E-state index >= 15 is 0 Å². The molecule has 2 saturated heterocycles. The molecule has 5 heteroatoms. The van der Waals surface area contributed by atoms with Crippen LogP contribution in [0.25, 0.3) is 0 Å². The van der Waals surface area contributed by atoms with Crippen LogP contribution in [0.3, 0.4) is 0 Å². The molecule has 0 saturated carbocycles. The van der Waals surface area contributed by atoms with Gasteiger partial charge in [-0.05, 0) is 56.9 Å². The Balaban J connectivity index is 1.50. The Morgan fingerprint density at radius 2 is 1.91 bits per heavy atom. The van der Waals surface area contributed by atoms with Crippen LogP contribution in [-0.4, -0.2) is 36.4 Å². The molecule has 0 radical (unpaired) electrons. The van der Waals surface area contributed by atoms with Crippen LogP contribution in [0.1, 0.15) is 32.6 Å². The molecule has 120 valence electrons. The normalized spacial score (nSPS) is 28.2. The molecule has 3 unspecified atom stereocenters. The van der Waals surface area contributed by atoms with Crippen molar-refractivity contribution < 1.29 is 9.53 Å². The van der Waals surface area contributed by atoms with Gasteiger partial charge in [-0.2, -0.15) is 0 Å². The van der Waals surface area contributed by atoms with E-state index in [-0.39, 0.29) is 11.2 Å². The largest absolute Gasteiger partial charge is 0.497 e. The molecule has 2 N–H and O–H groups in total. The van der Waals surface area contributed by atoms with E-state index in [2.05, 4.69) is 10.6 Å². The van der Waals surface area contributed by atoms with E-state index in [0.29, 0.717) is 18.1 Å². The maximum Gasteiger partial charge on any atom is 0.233 e. The first-order valence-corrected chi connectivity index (χ1v) is 8.89. The van der Waals surface area contributed by atoms with E-state index in [9.17, 15) is 4.79 Å². The summed E-state index contributed by atoms with van der Waals surface area (Å²) in [6.45, 7) is 1.97. The third kappa shape index (κ3) is 3.76. The van der Waals surface area contributed by atoms with Crippen molar-refractivity contribution in [1.82, 2.24) is 10.6 Å². The zero-order valence-corrected chi connectivity index (χ0v) is 14.0. The average molecular weight is 320 g/mol. The van der Waals surface area contributed by atoms with Gasteiger partial charge in [0.25, 0.3) is 0 Å². The van der Waals surface area contributed by atoms with Crippen molar-refractivity contribution in [2.75, 3.05) is 7.11 Å². The van der Waals surface area contributed by atoms with E-state index in [1.807, 2.05) is 31.2 Å². The summed E-state index contributed by atoms with van der Waals surface area (Å²) in [6.07, 6.45) is 4.66. The van der Waals surface area contributed by atoms with Gasteiger partial charge in [-0.25, -0.2) is 0 Å². The van der Waals surface area contributed by atoms with Gasteiger partial charge in [-0.1, -0.05) is 0 Å². The fraction of sp³-hybridized carbons (Fsp3) is 0.588. The number of fused-ring (bicyclic) bond motifs is 2. The first kappa shape index (κ1) is 15.7. The molecule has 0 aromatic heterocycles. The van der Waals surface area contributed by atoms with Crippen molar-refractivity contribution in [3.8, 4) is 5.75 Å². The molecular weight excluding hydrogens is 296 g/mol. The Bertz CT molecular complexity index is 508. The number of rotatable bonds is 5. The molecular formula is C17H24N2O2S. The summed E-state index contributed by atoms with van der Waals surface area (Å²) in [7, 11) is 1.66. The second kappa shape index (κ2) is 6.92. The lowest BCUT2D eigenvalue weighted by molar-refractivity contribution is -0.121. The molecule has 0 aliphatic carbocycles. The fourth-order valence-electron chi connectivity index (χ4n) is 3.41. The van der Waals surface area contributed by atoms with Crippen LogP contribution in [0.15, 0.2) is 29.2 Å². The van der Waals surface area contributed by atoms with Gasteiger partial charge < -0.3 is 15.4 Å². The van der Waals surface area contributed by atoms with Crippen LogP contribution in [0.5, 0.6) is 5.75 Å². The van der Waals surface area contributed by atoms with Crippen LogP contribution >= 0.6 is 11.8 Å². The van der Waals surface area contributed by atoms with E-state index in [4.69, 9.17) is 4.74 Å². The van der Waals surface area contributed by atoms with Gasteiger partial charge in [-0.15, -0.1) is 11.8 Å². The van der Waals surface area contributed by atoms with E-state index in [1.54, 1.807) is 18.9 Å². The highest BCUT2D eigenvalue weighted by atomic mass is 32.2. The lowest BCUT2D eigenvalue weighted by atomic mass is 10.00. The summed E-state index contributed by atoms with van der Waals surface area (Å²) in [6, 6.07) is 9.40. The molecule has 4 nitrogen and oxygen atoms in total. The smallest absolute Gasteiger partial charge is 0.233 e. The molecule has 1 aromatic rings. The molecule has 1 amide bonds. The summed E-state index contributed by atoms with van der Waals surface area (Å²) in [5.41, 5.74) is 0. The van der Waals surface area contributed by atoms with E-state index < -0.39 is 0 Å². The van der Waals surface area contributed by atoms with E-state index in [0.717, 1.165) is 23.5 Å². The van der Waals surface area contributed by atoms with E-state index in [1.165, 1.54) is 12.8 Å². The van der Waals surface area contributed by atoms with Crippen molar-refractivity contribution >= 4 is 17.7 Å². The summed E-state index contributed by atoms with van der Waals surface area (Å²) in [4.78, 5) is 13.5. The maximum atomic E-state index is 12.4. The third-order valence-corrected chi connectivity index (χ3v) is 5.67. The van der Waals surface area contributed by atoms with Gasteiger partial charge in [-0.3, -0.25) is 4.79 Å². The number of ether oxygens (including phenoxy) is 1. The Morgan fingerprint density at radius 3 is 2.50 bits per heavy atom. The number of piperidine rings is 1. The first-order valence-electron chi connectivity index (χ1n) is 8.01. The van der Waals surface area contributed by atoms with Crippen molar-refractivity contribution in [3.63, 3.8) is 0 Å². The van der Waals surface area contributed by atoms with Gasteiger partial charge >= 0.3 is 0 Å². The van der Waals surface area contributed by atoms with Crippen molar-refractivity contribution in [1.29, 1.82) is 0 Å². The Kier molecular flexibility index (Phi) is 4.93. The second-order valence-electron chi connectivity index (χ2n) is 6.25. The Labute approximate surface area is 136 Å². The molecule has 2 aliphatic rings. The molecule has 1 aromatic carbocycles. The zero-order valence-electron chi connectivity index (χ0n) is 13.2. The van der Waals surface area contributed by atoms with Crippen molar-refractivity contribution in [2.45, 2.75) is 60.9 Å². The number of hydrogen-bond acceptors (Lipinski definition) is 4. The Hall–Kier alpha value is -1.20. The number of carbonyl (C=O) groups is 1. The quantitative estimate of drug-likeness (QED) is 0.819. The van der Waals surface area contributed by atoms with Crippen molar-refractivity contribution in [2.24, 2.45) is 0 Å². The number of carbonyl (C=O) groups excluding carboxylic acids is 1. The summed E-state index contributed by atoms with van der Waals surface area (Å²) >= 11 is 1.59. The highest BCUT2D eigenvalue weighted by Gasteiger charge is 2.34. The summed E-state index contributed by atoms with van der Waals surface area (Å²) in [5, 5.41) is 6.76. The number of amides is 1. The number of nitrogens with one attached hydrogen (secondary N) is 2. The van der Waals surface area contributed by atoms with Gasteiger partial charge in [0.2, 0.25) is 5.91 Å². The maximum absolute atomic E-state index is 12.4. The average Bonchev–Trinajstić information content (AvgIpc) is 2.86. The molecule has 2 fully saturated rings. The molecule has 2 heterocycles. The topological polar surface area (TPSA) is 50.4 Å². The molecule has 3 rings (SSSR count). The SMILES string of the molecule is COc1ccc(SC(C)C(=O)NC2CC3CCC(C2)N3)cc1. The van der Waals surface area contributed by atoms with Gasteiger partial charge in [0, 0.05) is 23.0 Å². The minimum absolute atomic E-state index is 0.0825. The lowest BCUT2D eigenvalue weighted by Crippen LogP contribution is -2.49. The Morgan fingerprint density at radius 1 is 1.27 bits per heavy atom. The predicted molar refractivity (Wildman–Crippen MR) is 89.4 cm³/mol. The second-order valence-corrected chi connectivity index (χ2v) is 7.66. The minimum atomic E-state index is -0.0825. The predicted octanol–water partition coefficient (Wildman–Crippen LogP) is 2.58. The molecule has 0 spiro atoms. The monoisotopic (exact) mass is 320 g/mol. The standard InChI is InChI=1S/C17H24N2O2S/c1-11(22-16-7-5-15(21-2)6-8-16)17(20)19-14-9-12-3-4-13(10-14)18-12/h5-8,11-14,18H,3-4,9-10H2,1-2H3,(H,19,20). The number of methoxy groups -OCH3 is 1. The third-order valence-electron chi connectivity index (χ3n) is 4.56. The van der Waals surface area contributed by atoms with Crippen molar-refractivity contribution in [3.05, 3.63) is 24.3 Å². The first-order chi connectivity index (χ1) is 10.6. The molecule has 3 atom stereocenters. The van der Waals surface area contributed by atoms with Crippen LogP contribution < -0.4 is 15.4 Å². The van der Waals surface area contributed by atoms with Crippen LogP contribution in [0.2, 0.25) is 0 Å². The summed E-state index contributed by atoms with van der Waals surface area (Å²) in [5.74, 6) is 0.985. The number of thioether (sulfide) groups is 1. The lowest BCUT2D eigenvalue weighted by Gasteiger charge is -2.30. The molecule has 22 heavy (non-hydrogen) atoms. The zero-order chi connectivity index (χ0) is 15.5. The van der Waals surface area contributed by atoms with Crippen LogP contribution in [0, 0.1) is 0 Å². The number of hydrogen-bond donors (Lipinski definition) is 2. The molecule has 2 aliphatic heterocycles. The fourth-order valence-corrected chi connectivity index (χ4v) is 4.28. The van der Waals surface area contributed by atoms with Crippen LogP contribution in [0.4, 0.5) is 0 Å². The highest BCUT2D eigenvalue weighted by molar-refractivity contribution is 8.00. The molecule has 2 bridgehead atoms. The minimum Gasteiger partial charge on any atom is -0.497 e.